The largest absolute Gasteiger partial charge is 0.464 e. The monoisotopic (exact) mass is 285 g/mol. The minimum atomic E-state index is -0.487. The summed E-state index contributed by atoms with van der Waals surface area (Å²) in [6, 6.07) is 0. The van der Waals surface area contributed by atoms with E-state index in [2.05, 4.69) is 10.3 Å². The van der Waals surface area contributed by atoms with Crippen molar-refractivity contribution in [2.24, 2.45) is 0 Å². The van der Waals surface area contributed by atoms with Gasteiger partial charge in [-0.25, -0.2) is 9.48 Å². The summed E-state index contributed by atoms with van der Waals surface area (Å²) in [5, 5.41) is 7.87. The maximum Gasteiger partial charge on any atom is 0.360 e. The number of ether oxygens (including phenoxy) is 3. The summed E-state index contributed by atoms with van der Waals surface area (Å²) in [7, 11) is 2.93. The summed E-state index contributed by atoms with van der Waals surface area (Å²) in [6.45, 7) is 7.46. The molecular formula is C13H23N3O4. The highest BCUT2D eigenvalue weighted by Crippen LogP contribution is 2.10. The van der Waals surface area contributed by atoms with E-state index in [4.69, 9.17) is 14.2 Å². The second-order valence-corrected chi connectivity index (χ2v) is 5.30. The molecule has 0 amide bonds. The highest BCUT2D eigenvalue weighted by atomic mass is 16.5. The Kier molecular flexibility index (Phi) is 6.09. The van der Waals surface area contributed by atoms with Crippen molar-refractivity contribution in [3.05, 3.63) is 11.4 Å². The first-order valence-electron chi connectivity index (χ1n) is 6.52. The molecule has 114 valence electrons. The molecule has 0 N–H and O–H groups in total. The molecule has 1 aromatic heterocycles. The van der Waals surface area contributed by atoms with Gasteiger partial charge in [0.2, 0.25) is 0 Å². The van der Waals surface area contributed by atoms with Crippen LogP contribution in [0.25, 0.3) is 0 Å². The predicted molar refractivity (Wildman–Crippen MR) is 72.6 cm³/mol. The van der Waals surface area contributed by atoms with Crippen molar-refractivity contribution in [2.45, 2.75) is 39.3 Å². The van der Waals surface area contributed by atoms with Crippen LogP contribution >= 0.6 is 0 Å². The van der Waals surface area contributed by atoms with Gasteiger partial charge in [-0.15, -0.1) is 5.10 Å². The molecule has 7 nitrogen and oxygen atoms in total. The van der Waals surface area contributed by atoms with Crippen molar-refractivity contribution in [3.63, 3.8) is 0 Å². The molecule has 0 spiro atoms. The lowest BCUT2D eigenvalue weighted by atomic mass is 10.2. The highest BCUT2D eigenvalue weighted by molar-refractivity contribution is 5.88. The Morgan fingerprint density at radius 3 is 2.50 bits per heavy atom. The maximum atomic E-state index is 11.6. The van der Waals surface area contributed by atoms with E-state index in [9.17, 15) is 4.79 Å². The molecule has 0 aromatic carbocycles. The molecule has 0 saturated carbocycles. The zero-order valence-electron chi connectivity index (χ0n) is 12.8. The normalized spacial score (nSPS) is 11.7. The van der Waals surface area contributed by atoms with Gasteiger partial charge in [-0.05, 0) is 20.8 Å². The molecule has 20 heavy (non-hydrogen) atoms. The van der Waals surface area contributed by atoms with Crippen molar-refractivity contribution in [1.82, 2.24) is 15.0 Å². The van der Waals surface area contributed by atoms with E-state index in [1.807, 2.05) is 20.8 Å². The van der Waals surface area contributed by atoms with Gasteiger partial charge in [0.15, 0.2) is 5.69 Å². The Morgan fingerprint density at radius 2 is 1.95 bits per heavy atom. The zero-order chi connectivity index (χ0) is 15.2. The quantitative estimate of drug-likeness (QED) is 0.698. The fraction of sp³-hybridized carbons (Fsp3) is 0.769. The molecule has 0 fully saturated rings. The van der Waals surface area contributed by atoms with Gasteiger partial charge in [0.05, 0.1) is 38.2 Å². The van der Waals surface area contributed by atoms with Gasteiger partial charge in [0, 0.05) is 13.5 Å². The summed E-state index contributed by atoms with van der Waals surface area (Å²) < 4.78 is 17.1. The van der Waals surface area contributed by atoms with E-state index in [0.29, 0.717) is 31.9 Å². The van der Waals surface area contributed by atoms with Crippen molar-refractivity contribution >= 4 is 5.97 Å². The number of nitrogens with zero attached hydrogens (tertiary/aromatic N) is 3. The van der Waals surface area contributed by atoms with Crippen LogP contribution in [0, 0.1) is 0 Å². The Hall–Kier alpha value is -1.47. The molecule has 0 atom stereocenters. The van der Waals surface area contributed by atoms with Crippen LogP contribution in [-0.2, 0) is 27.2 Å². The first-order valence-corrected chi connectivity index (χ1v) is 6.52. The van der Waals surface area contributed by atoms with Crippen LogP contribution in [0.2, 0.25) is 0 Å². The number of aromatic nitrogens is 3. The van der Waals surface area contributed by atoms with E-state index in [1.165, 1.54) is 7.11 Å². The molecule has 0 unspecified atom stereocenters. The third kappa shape index (κ3) is 4.90. The smallest absolute Gasteiger partial charge is 0.360 e. The zero-order valence-corrected chi connectivity index (χ0v) is 12.8. The average Bonchev–Trinajstić information content (AvgIpc) is 2.77. The van der Waals surface area contributed by atoms with Gasteiger partial charge in [-0.1, -0.05) is 5.21 Å². The number of methoxy groups -OCH3 is 2. The minimum Gasteiger partial charge on any atom is -0.464 e. The summed E-state index contributed by atoms with van der Waals surface area (Å²) >= 11 is 0. The van der Waals surface area contributed by atoms with E-state index in [1.54, 1.807) is 11.8 Å². The molecule has 7 heteroatoms. The second kappa shape index (κ2) is 7.35. The molecule has 0 aliphatic carbocycles. The number of esters is 1. The van der Waals surface area contributed by atoms with Crippen LogP contribution in [0.5, 0.6) is 0 Å². The summed E-state index contributed by atoms with van der Waals surface area (Å²) in [6.07, 6.45) is 0.545. The number of carbonyl (C=O) groups excluding carboxylic acids is 1. The van der Waals surface area contributed by atoms with E-state index in [0.717, 1.165) is 0 Å². The van der Waals surface area contributed by atoms with Crippen LogP contribution in [-0.4, -0.2) is 54.0 Å². The Balaban J connectivity index is 2.78. The maximum absolute atomic E-state index is 11.6. The summed E-state index contributed by atoms with van der Waals surface area (Å²) in [5.41, 5.74) is 0.731. The van der Waals surface area contributed by atoms with Crippen LogP contribution in [0.1, 0.15) is 37.0 Å². The molecule has 0 saturated heterocycles. The Labute approximate surface area is 119 Å². The van der Waals surface area contributed by atoms with Crippen molar-refractivity contribution < 1.29 is 19.0 Å². The van der Waals surface area contributed by atoms with Crippen molar-refractivity contribution in [3.8, 4) is 0 Å². The van der Waals surface area contributed by atoms with Gasteiger partial charge in [-0.3, -0.25) is 0 Å². The molecule has 1 rings (SSSR count). The Bertz CT molecular complexity index is 437. The molecule has 0 radical (unpaired) electrons. The van der Waals surface area contributed by atoms with Crippen LogP contribution in [0.3, 0.4) is 0 Å². The van der Waals surface area contributed by atoms with Gasteiger partial charge in [0.1, 0.15) is 0 Å². The summed E-state index contributed by atoms with van der Waals surface area (Å²) in [4.78, 5) is 11.6. The van der Waals surface area contributed by atoms with Crippen LogP contribution in [0.4, 0.5) is 0 Å². The average molecular weight is 285 g/mol. The fourth-order valence-corrected chi connectivity index (χ4v) is 1.65. The Morgan fingerprint density at radius 1 is 1.25 bits per heavy atom. The lowest BCUT2D eigenvalue weighted by molar-refractivity contribution is -0.00840. The first kappa shape index (κ1) is 16.6. The van der Waals surface area contributed by atoms with Crippen LogP contribution in [0.15, 0.2) is 0 Å². The van der Waals surface area contributed by atoms with Crippen molar-refractivity contribution in [2.75, 3.05) is 27.4 Å². The number of rotatable bonds is 7. The van der Waals surface area contributed by atoms with E-state index >= 15 is 0 Å². The fourth-order valence-electron chi connectivity index (χ4n) is 1.65. The SMILES string of the molecule is COCCc1c(C(=O)OC)nnn1CCOC(C)(C)C. The second-order valence-electron chi connectivity index (χ2n) is 5.30. The third-order valence-corrected chi connectivity index (χ3v) is 2.60. The highest BCUT2D eigenvalue weighted by Gasteiger charge is 2.20. The lowest BCUT2D eigenvalue weighted by Crippen LogP contribution is -2.23. The third-order valence-electron chi connectivity index (χ3n) is 2.60. The van der Waals surface area contributed by atoms with Crippen LogP contribution < -0.4 is 0 Å². The molecule has 1 heterocycles. The van der Waals surface area contributed by atoms with Crippen molar-refractivity contribution in [1.29, 1.82) is 0 Å². The molecular weight excluding hydrogens is 262 g/mol. The molecule has 1 aromatic rings. The standard InChI is InChI=1S/C13H23N3O4/c1-13(2,3)20-9-7-16-10(6-8-18-4)11(14-15-16)12(17)19-5/h6-9H2,1-5H3. The predicted octanol–water partition coefficient (Wildman–Crippen LogP) is 1.07. The molecule has 0 aliphatic heterocycles. The van der Waals surface area contributed by atoms with Gasteiger partial charge < -0.3 is 14.2 Å². The topological polar surface area (TPSA) is 75.5 Å². The number of hydrogen-bond acceptors (Lipinski definition) is 6. The number of hydrogen-bond donors (Lipinski definition) is 0. The minimum absolute atomic E-state index is 0.210. The number of carbonyl (C=O) groups is 1. The van der Waals surface area contributed by atoms with E-state index in [-0.39, 0.29) is 11.3 Å². The van der Waals surface area contributed by atoms with Gasteiger partial charge in [-0.2, -0.15) is 0 Å². The lowest BCUT2D eigenvalue weighted by Gasteiger charge is -2.19. The molecule has 0 aliphatic rings. The van der Waals surface area contributed by atoms with Gasteiger partial charge in [0.25, 0.3) is 0 Å². The summed E-state index contributed by atoms with van der Waals surface area (Å²) in [5.74, 6) is -0.487. The van der Waals surface area contributed by atoms with Gasteiger partial charge >= 0.3 is 5.97 Å². The van der Waals surface area contributed by atoms with E-state index < -0.39 is 5.97 Å². The first-order chi connectivity index (χ1) is 9.39. The molecule has 0 bridgehead atoms.